The number of carbonyl (C=O) groups is 2. The third-order valence-corrected chi connectivity index (χ3v) is 6.08. The molecule has 0 aliphatic carbocycles. The summed E-state index contributed by atoms with van der Waals surface area (Å²) in [5.74, 6) is -0.302. The van der Waals surface area contributed by atoms with Gasteiger partial charge in [-0.2, -0.15) is 0 Å². The molecule has 1 aliphatic heterocycles. The Bertz CT molecular complexity index is 1300. The average Bonchev–Trinajstić information content (AvgIpc) is 3.13. The fraction of sp³-hybridized carbons (Fsp3) is 0.222. The number of ether oxygens (including phenoxy) is 3. The summed E-state index contributed by atoms with van der Waals surface area (Å²) in [7, 11) is 4.56. The molecule has 8 nitrogen and oxygen atoms in total. The monoisotopic (exact) mass is 475 g/mol. The summed E-state index contributed by atoms with van der Waals surface area (Å²) in [6.07, 6.45) is 3.51. The molecule has 4 rings (SSSR count). The number of H-pyrrole nitrogens is 1. The number of amides is 1. The molecule has 1 aromatic heterocycles. The fourth-order valence-electron chi connectivity index (χ4n) is 4.39. The van der Waals surface area contributed by atoms with Gasteiger partial charge in [0.25, 0.3) is 11.7 Å². The van der Waals surface area contributed by atoms with Crippen LogP contribution < -0.4 is 19.2 Å². The Kier molecular flexibility index (Phi) is 6.73. The van der Waals surface area contributed by atoms with Gasteiger partial charge in [0, 0.05) is 22.8 Å². The number of nitrogens with one attached hydrogen (secondary N) is 1. The van der Waals surface area contributed by atoms with E-state index < -0.39 is 17.7 Å². The number of benzene rings is 2. The van der Waals surface area contributed by atoms with Crippen LogP contribution in [0.4, 0.5) is 0 Å². The maximum Gasteiger partial charge on any atom is 0.295 e. The van der Waals surface area contributed by atoms with Gasteiger partial charge in [0.15, 0.2) is 23.9 Å². The van der Waals surface area contributed by atoms with Crippen molar-refractivity contribution in [2.45, 2.75) is 19.5 Å². The van der Waals surface area contributed by atoms with Crippen LogP contribution in [0, 0.1) is 6.92 Å². The van der Waals surface area contributed by atoms with Gasteiger partial charge in [-0.05, 0) is 42.8 Å². The van der Waals surface area contributed by atoms with Crippen LogP contribution in [-0.4, -0.2) is 43.0 Å². The highest BCUT2D eigenvalue weighted by Crippen LogP contribution is 2.46. The highest BCUT2D eigenvalue weighted by atomic mass is 16.5. The number of aromatic nitrogens is 1. The van der Waals surface area contributed by atoms with Crippen molar-refractivity contribution in [3.63, 3.8) is 0 Å². The van der Waals surface area contributed by atoms with Crippen molar-refractivity contribution in [3.8, 4) is 17.2 Å². The molecular weight excluding hydrogens is 448 g/mol. The highest BCUT2D eigenvalue weighted by molar-refractivity contribution is 6.46. The summed E-state index contributed by atoms with van der Waals surface area (Å²) in [6, 6.07) is 13.1. The number of aliphatic hydroxyl groups is 1. The number of carbonyl (C=O) groups excluding carboxylic acids is 2. The average molecular weight is 476 g/mol. The van der Waals surface area contributed by atoms with Crippen molar-refractivity contribution < 1.29 is 33.9 Å². The second-order valence-electron chi connectivity index (χ2n) is 8.10. The van der Waals surface area contributed by atoms with E-state index in [9.17, 15) is 14.7 Å². The lowest BCUT2D eigenvalue weighted by Gasteiger charge is -2.27. The summed E-state index contributed by atoms with van der Waals surface area (Å²) in [6.45, 7) is 1.94. The number of rotatable bonds is 7. The van der Waals surface area contributed by atoms with Crippen LogP contribution in [0.5, 0.6) is 17.2 Å². The lowest BCUT2D eigenvalue weighted by atomic mass is 9.93. The van der Waals surface area contributed by atoms with Crippen LogP contribution in [0.3, 0.4) is 0 Å². The molecule has 0 radical (unpaired) electrons. The summed E-state index contributed by atoms with van der Waals surface area (Å²) in [5.41, 5.74) is 2.43. The van der Waals surface area contributed by atoms with E-state index >= 15 is 0 Å². The number of Topliss-reactive ketones (excluding diaryl/α,β-unsaturated/α-hetero) is 1. The van der Waals surface area contributed by atoms with Crippen LogP contribution in [-0.2, 0) is 16.1 Å². The molecule has 1 amide bonds. The summed E-state index contributed by atoms with van der Waals surface area (Å²) in [5, 5.41) is 11.4. The first-order valence-corrected chi connectivity index (χ1v) is 11.0. The zero-order valence-electron chi connectivity index (χ0n) is 20.0. The Morgan fingerprint density at radius 1 is 1.03 bits per heavy atom. The van der Waals surface area contributed by atoms with Crippen molar-refractivity contribution in [3.05, 3.63) is 88.8 Å². The first-order valence-electron chi connectivity index (χ1n) is 11.0. The third-order valence-electron chi connectivity index (χ3n) is 6.08. The molecule has 180 valence electrons. The van der Waals surface area contributed by atoms with Gasteiger partial charge in [-0.3, -0.25) is 9.59 Å². The van der Waals surface area contributed by atoms with E-state index in [0.29, 0.717) is 33.9 Å². The van der Waals surface area contributed by atoms with Crippen LogP contribution in [0.15, 0.2) is 66.5 Å². The van der Waals surface area contributed by atoms with E-state index in [1.54, 1.807) is 62.8 Å². The summed E-state index contributed by atoms with van der Waals surface area (Å²) >= 11 is 0. The number of pyridine rings is 1. The van der Waals surface area contributed by atoms with Gasteiger partial charge >= 0.3 is 0 Å². The number of aliphatic hydroxyl groups excluding tert-OH is 1. The maximum atomic E-state index is 13.4. The molecule has 35 heavy (non-hydrogen) atoms. The standard InChI is InChI=1S/C27H26N2O6/c1-16-13-18(33-2)10-11-19(16)24(30)22-23(20-8-5-9-21(34-3)26(20)35-4)29(27(32)25(22)31)15-17-7-6-12-28-14-17/h5-14,23,30H,15H2,1-4H3/p+1. The summed E-state index contributed by atoms with van der Waals surface area (Å²) < 4.78 is 16.4. The quantitative estimate of drug-likeness (QED) is 0.319. The second-order valence-corrected chi connectivity index (χ2v) is 8.10. The number of hydrogen-bond acceptors (Lipinski definition) is 6. The van der Waals surface area contributed by atoms with E-state index in [-0.39, 0.29) is 17.9 Å². The van der Waals surface area contributed by atoms with Gasteiger partial charge in [-0.1, -0.05) is 12.1 Å². The minimum Gasteiger partial charge on any atom is -0.507 e. The van der Waals surface area contributed by atoms with Gasteiger partial charge in [-0.25, -0.2) is 4.98 Å². The lowest BCUT2D eigenvalue weighted by Crippen LogP contribution is -2.29. The molecule has 2 aromatic carbocycles. The molecule has 2 heterocycles. The van der Waals surface area contributed by atoms with Gasteiger partial charge in [0.1, 0.15) is 11.5 Å². The molecule has 0 spiro atoms. The zero-order valence-corrected chi connectivity index (χ0v) is 20.0. The van der Waals surface area contributed by atoms with Crippen molar-refractivity contribution in [1.82, 2.24) is 4.90 Å². The Labute approximate surface area is 203 Å². The van der Waals surface area contributed by atoms with E-state index in [0.717, 1.165) is 5.56 Å². The minimum absolute atomic E-state index is 0.0188. The Hall–Kier alpha value is -4.33. The molecule has 0 bridgehead atoms. The van der Waals surface area contributed by atoms with Crippen molar-refractivity contribution >= 4 is 17.4 Å². The number of likely N-dealkylation sites (tertiary alicyclic amines) is 1. The minimum atomic E-state index is -0.901. The third kappa shape index (κ3) is 4.30. The first kappa shape index (κ1) is 23.8. The zero-order chi connectivity index (χ0) is 25.1. The van der Waals surface area contributed by atoms with Gasteiger partial charge < -0.3 is 24.2 Å². The fourth-order valence-corrected chi connectivity index (χ4v) is 4.39. The maximum absolute atomic E-state index is 13.4. The first-order chi connectivity index (χ1) is 16.9. The van der Waals surface area contributed by atoms with Crippen molar-refractivity contribution in [2.24, 2.45) is 0 Å². The SMILES string of the molecule is COc1ccc(C(O)=C2C(=O)C(=O)N(Cc3ccc[nH+]c3)C2c2cccc(OC)c2OC)c(C)c1. The van der Waals surface area contributed by atoms with Gasteiger partial charge in [-0.15, -0.1) is 0 Å². The molecule has 1 fully saturated rings. The Morgan fingerprint density at radius 2 is 1.83 bits per heavy atom. The molecule has 1 atom stereocenters. The van der Waals surface area contributed by atoms with E-state index in [1.165, 1.54) is 19.1 Å². The normalized spacial score (nSPS) is 16.9. The number of aromatic amines is 1. The Morgan fingerprint density at radius 3 is 2.46 bits per heavy atom. The van der Waals surface area contributed by atoms with Crippen LogP contribution in [0.1, 0.15) is 28.3 Å². The summed E-state index contributed by atoms with van der Waals surface area (Å²) in [4.78, 5) is 31.1. The predicted molar refractivity (Wildman–Crippen MR) is 128 cm³/mol. The largest absolute Gasteiger partial charge is 0.507 e. The van der Waals surface area contributed by atoms with Crippen LogP contribution >= 0.6 is 0 Å². The van der Waals surface area contributed by atoms with E-state index in [1.807, 2.05) is 12.1 Å². The molecule has 1 aliphatic rings. The topological polar surface area (TPSA) is 99.4 Å². The Balaban J connectivity index is 1.95. The number of methoxy groups -OCH3 is 3. The van der Waals surface area contributed by atoms with Crippen LogP contribution in [0.2, 0.25) is 0 Å². The molecule has 3 aromatic rings. The molecule has 1 saturated heterocycles. The molecule has 0 saturated carbocycles. The van der Waals surface area contributed by atoms with Gasteiger partial charge in [0.05, 0.1) is 39.5 Å². The lowest BCUT2D eigenvalue weighted by molar-refractivity contribution is -0.378. The van der Waals surface area contributed by atoms with Gasteiger partial charge in [0.2, 0.25) is 0 Å². The van der Waals surface area contributed by atoms with E-state index in [2.05, 4.69) is 4.98 Å². The number of nitrogens with zero attached hydrogens (tertiary/aromatic N) is 1. The van der Waals surface area contributed by atoms with Crippen molar-refractivity contribution in [2.75, 3.05) is 21.3 Å². The number of hydrogen-bond donors (Lipinski definition) is 1. The number of aryl methyl sites for hydroxylation is 1. The number of para-hydroxylation sites is 1. The highest BCUT2D eigenvalue weighted by Gasteiger charge is 2.47. The predicted octanol–water partition coefficient (Wildman–Crippen LogP) is 3.46. The molecular formula is C27H27N2O6+. The smallest absolute Gasteiger partial charge is 0.295 e. The second kappa shape index (κ2) is 9.89. The molecule has 8 heteroatoms. The van der Waals surface area contributed by atoms with E-state index in [4.69, 9.17) is 14.2 Å². The number of ketones is 1. The molecule has 2 N–H and O–H groups in total. The molecule has 1 unspecified atom stereocenters. The van der Waals surface area contributed by atoms with Crippen LogP contribution in [0.25, 0.3) is 5.76 Å². The van der Waals surface area contributed by atoms with Crippen molar-refractivity contribution in [1.29, 1.82) is 0 Å².